The van der Waals surface area contributed by atoms with E-state index in [0.29, 0.717) is 0 Å². The van der Waals surface area contributed by atoms with Crippen LogP contribution in [-0.2, 0) is 6.42 Å². The van der Waals surface area contributed by atoms with Gasteiger partial charge in [0.15, 0.2) is 11.5 Å². The van der Waals surface area contributed by atoms with E-state index >= 15 is 0 Å². The number of ether oxygens (including phenoxy) is 2. The molecule has 0 atom stereocenters. The molecule has 119 valence electrons. The van der Waals surface area contributed by atoms with Crippen molar-refractivity contribution in [2.75, 3.05) is 6.79 Å². The summed E-state index contributed by atoms with van der Waals surface area (Å²) in [5.41, 5.74) is 5.51. The Bertz CT molecular complexity index is 839. The van der Waals surface area contributed by atoms with Crippen LogP contribution in [0, 0.1) is 6.07 Å². The van der Waals surface area contributed by atoms with E-state index in [0.717, 1.165) is 52.2 Å². The van der Waals surface area contributed by atoms with Gasteiger partial charge in [0, 0.05) is 16.7 Å². The Morgan fingerprint density at radius 3 is 2.12 bits per heavy atom. The minimum absolute atomic E-state index is 0.276. The lowest BCUT2D eigenvalue weighted by Crippen LogP contribution is -1.94. The Kier molecular flexibility index (Phi) is 3.96. The fourth-order valence-corrected chi connectivity index (χ4v) is 3.20. The van der Waals surface area contributed by atoms with Crippen molar-refractivity contribution >= 4 is 0 Å². The molecule has 1 aliphatic heterocycles. The zero-order chi connectivity index (χ0) is 16.4. The smallest absolute Gasteiger partial charge is 0.231 e. The summed E-state index contributed by atoms with van der Waals surface area (Å²) in [5, 5.41) is 0. The summed E-state index contributed by atoms with van der Waals surface area (Å²) in [5.74, 6) is 1.71. The number of fused-ring (bicyclic) bond motifs is 1. The van der Waals surface area contributed by atoms with Crippen molar-refractivity contribution in [2.24, 2.45) is 0 Å². The van der Waals surface area contributed by atoms with Gasteiger partial charge in [-0.2, -0.15) is 0 Å². The average molecular weight is 315 g/mol. The minimum atomic E-state index is 0.276. The van der Waals surface area contributed by atoms with E-state index in [1.807, 2.05) is 24.3 Å². The Labute approximate surface area is 142 Å². The maximum atomic E-state index is 5.89. The molecule has 0 amide bonds. The monoisotopic (exact) mass is 315 g/mol. The van der Waals surface area contributed by atoms with Gasteiger partial charge >= 0.3 is 0 Å². The Hall–Kier alpha value is -2.74. The van der Waals surface area contributed by atoms with Gasteiger partial charge in [0.05, 0.1) is 0 Å². The molecule has 0 saturated carbocycles. The summed E-state index contributed by atoms with van der Waals surface area (Å²) in [6.45, 7) is 2.45. The molecule has 3 aromatic rings. The number of aryl methyl sites for hydroxylation is 1. The van der Waals surface area contributed by atoms with Crippen molar-refractivity contribution in [2.45, 2.75) is 19.8 Å². The van der Waals surface area contributed by atoms with Crippen LogP contribution in [-0.4, -0.2) is 6.79 Å². The molecule has 0 N–H and O–H groups in total. The lowest BCUT2D eigenvalue weighted by molar-refractivity contribution is 0.173. The SMILES string of the molecule is CCCc1[c]c(-c2ccccc2)c(-c2ccccc2)c2c1OCO2. The van der Waals surface area contributed by atoms with Crippen LogP contribution in [0.5, 0.6) is 11.5 Å². The zero-order valence-corrected chi connectivity index (χ0v) is 13.7. The Balaban J connectivity index is 2.02. The summed E-state index contributed by atoms with van der Waals surface area (Å²) in [6.07, 6.45) is 1.98. The van der Waals surface area contributed by atoms with Crippen LogP contribution in [0.25, 0.3) is 22.3 Å². The van der Waals surface area contributed by atoms with Gasteiger partial charge in [-0.3, -0.25) is 0 Å². The van der Waals surface area contributed by atoms with Crippen LogP contribution in [0.2, 0.25) is 0 Å². The summed E-state index contributed by atoms with van der Waals surface area (Å²) in [4.78, 5) is 0. The van der Waals surface area contributed by atoms with Crippen molar-refractivity contribution in [3.05, 3.63) is 72.3 Å². The van der Waals surface area contributed by atoms with Gasteiger partial charge in [-0.25, -0.2) is 0 Å². The van der Waals surface area contributed by atoms with Gasteiger partial charge in [-0.15, -0.1) is 0 Å². The highest BCUT2D eigenvalue weighted by molar-refractivity contribution is 5.90. The summed E-state index contributed by atoms with van der Waals surface area (Å²) >= 11 is 0. The molecule has 1 heterocycles. The first-order valence-corrected chi connectivity index (χ1v) is 8.37. The maximum Gasteiger partial charge on any atom is 0.231 e. The lowest BCUT2D eigenvalue weighted by atomic mass is 9.90. The molecular weight excluding hydrogens is 296 g/mol. The van der Waals surface area contributed by atoms with Crippen LogP contribution in [0.3, 0.4) is 0 Å². The Morgan fingerprint density at radius 2 is 1.46 bits per heavy atom. The first kappa shape index (κ1) is 14.8. The molecule has 1 radical (unpaired) electrons. The quantitative estimate of drug-likeness (QED) is 0.632. The largest absolute Gasteiger partial charge is 0.453 e. The molecule has 24 heavy (non-hydrogen) atoms. The third-order valence-electron chi connectivity index (χ3n) is 4.26. The molecule has 0 bridgehead atoms. The van der Waals surface area contributed by atoms with E-state index in [-0.39, 0.29) is 6.79 Å². The summed E-state index contributed by atoms with van der Waals surface area (Å²) in [6, 6.07) is 24.4. The molecule has 0 aliphatic carbocycles. The molecule has 0 saturated heterocycles. The zero-order valence-electron chi connectivity index (χ0n) is 13.7. The van der Waals surface area contributed by atoms with Gasteiger partial charge in [-0.05, 0) is 23.6 Å². The molecule has 2 heteroatoms. The molecule has 0 unspecified atom stereocenters. The minimum Gasteiger partial charge on any atom is -0.453 e. The normalized spacial score (nSPS) is 12.4. The fourth-order valence-electron chi connectivity index (χ4n) is 3.20. The highest BCUT2D eigenvalue weighted by Gasteiger charge is 2.26. The second-order valence-corrected chi connectivity index (χ2v) is 5.90. The van der Waals surface area contributed by atoms with Crippen LogP contribution in [0.4, 0.5) is 0 Å². The lowest BCUT2D eigenvalue weighted by Gasteiger charge is -2.16. The molecule has 3 aromatic carbocycles. The molecule has 0 fully saturated rings. The number of hydrogen-bond acceptors (Lipinski definition) is 2. The number of hydrogen-bond donors (Lipinski definition) is 0. The molecule has 0 aromatic heterocycles. The molecule has 2 nitrogen and oxygen atoms in total. The standard InChI is InChI=1S/C22H19O2/c1-2-9-18-14-19(16-10-5-3-6-11-16)20(17-12-7-4-8-13-17)22-21(18)23-15-24-22/h3-8,10-13H,2,9,15H2,1H3. The van der Waals surface area contributed by atoms with E-state index in [1.54, 1.807) is 0 Å². The molecule has 1 aliphatic rings. The first-order chi connectivity index (χ1) is 11.9. The van der Waals surface area contributed by atoms with Gasteiger partial charge in [0.1, 0.15) is 0 Å². The summed E-state index contributed by atoms with van der Waals surface area (Å²) in [7, 11) is 0. The fraction of sp³-hybridized carbons (Fsp3) is 0.182. The average Bonchev–Trinajstić information content (AvgIpc) is 3.13. The highest BCUT2D eigenvalue weighted by Crippen LogP contribution is 2.49. The van der Waals surface area contributed by atoms with Crippen LogP contribution < -0.4 is 9.47 Å². The highest BCUT2D eigenvalue weighted by atomic mass is 16.7. The van der Waals surface area contributed by atoms with Gasteiger partial charge in [-0.1, -0.05) is 74.0 Å². The van der Waals surface area contributed by atoms with Crippen molar-refractivity contribution in [3.63, 3.8) is 0 Å². The van der Waals surface area contributed by atoms with E-state index in [2.05, 4.69) is 49.4 Å². The van der Waals surface area contributed by atoms with Gasteiger partial charge in [0.2, 0.25) is 6.79 Å². The maximum absolute atomic E-state index is 5.89. The molecule has 0 spiro atoms. The molecule has 4 rings (SSSR count). The molecular formula is C22H19O2. The second kappa shape index (κ2) is 6.40. The van der Waals surface area contributed by atoms with Crippen molar-refractivity contribution in [1.82, 2.24) is 0 Å². The number of rotatable bonds is 4. The van der Waals surface area contributed by atoms with Crippen LogP contribution in [0.15, 0.2) is 60.7 Å². The van der Waals surface area contributed by atoms with Crippen LogP contribution in [0.1, 0.15) is 18.9 Å². The van der Waals surface area contributed by atoms with Crippen molar-refractivity contribution < 1.29 is 9.47 Å². The van der Waals surface area contributed by atoms with Gasteiger partial charge < -0.3 is 9.47 Å². The Morgan fingerprint density at radius 1 is 0.833 bits per heavy atom. The number of benzene rings is 3. The van der Waals surface area contributed by atoms with E-state index in [9.17, 15) is 0 Å². The van der Waals surface area contributed by atoms with Crippen molar-refractivity contribution in [1.29, 1.82) is 0 Å². The van der Waals surface area contributed by atoms with Crippen LogP contribution >= 0.6 is 0 Å². The van der Waals surface area contributed by atoms with Crippen molar-refractivity contribution in [3.8, 4) is 33.8 Å². The topological polar surface area (TPSA) is 18.5 Å². The third kappa shape index (κ3) is 2.54. The summed E-state index contributed by atoms with van der Waals surface area (Å²) < 4.78 is 11.7. The third-order valence-corrected chi connectivity index (χ3v) is 4.26. The second-order valence-electron chi connectivity index (χ2n) is 5.90. The van der Waals surface area contributed by atoms with E-state index in [4.69, 9.17) is 9.47 Å². The predicted molar refractivity (Wildman–Crippen MR) is 96.3 cm³/mol. The van der Waals surface area contributed by atoms with E-state index in [1.165, 1.54) is 0 Å². The van der Waals surface area contributed by atoms with E-state index < -0.39 is 0 Å². The van der Waals surface area contributed by atoms with Gasteiger partial charge in [0.25, 0.3) is 0 Å². The first-order valence-electron chi connectivity index (χ1n) is 8.37. The predicted octanol–water partition coefficient (Wildman–Crippen LogP) is 5.50.